The zero-order valence-corrected chi connectivity index (χ0v) is 12.9. The van der Waals surface area contributed by atoms with Crippen LogP contribution >= 0.6 is 0 Å². The van der Waals surface area contributed by atoms with Gasteiger partial charge in [0.25, 0.3) is 5.91 Å². The molecule has 2 amide bonds. The third-order valence-electron chi connectivity index (χ3n) is 3.82. The second-order valence-electron chi connectivity index (χ2n) is 5.61. The number of dihydropyridines is 1. The minimum Gasteiger partial charge on any atom is -0.472 e. The number of aromatic nitrogens is 2. The van der Waals surface area contributed by atoms with Gasteiger partial charge in [0.15, 0.2) is 0 Å². The first kappa shape index (κ1) is 15.3. The van der Waals surface area contributed by atoms with Crippen LogP contribution in [0, 0.1) is 12.8 Å². The number of carbonyl (C=O) groups excluding carboxylic acids is 2. The predicted molar refractivity (Wildman–Crippen MR) is 83.1 cm³/mol. The number of carbonyl (C=O) groups is 2. The van der Waals surface area contributed by atoms with Gasteiger partial charge < -0.3 is 9.64 Å². The predicted octanol–water partition coefficient (Wildman–Crippen LogP) is 0.938. The fourth-order valence-electron chi connectivity index (χ4n) is 2.69. The Balaban J connectivity index is 1.62. The maximum absolute atomic E-state index is 12.5. The van der Waals surface area contributed by atoms with Crippen LogP contribution in [0.1, 0.15) is 18.7 Å². The average Bonchev–Trinajstić information content (AvgIpc) is 2.55. The largest absolute Gasteiger partial charge is 0.472 e. The number of piperidine rings is 1. The summed E-state index contributed by atoms with van der Waals surface area (Å²) in [7, 11) is 0. The van der Waals surface area contributed by atoms with E-state index in [1.54, 1.807) is 30.2 Å². The van der Waals surface area contributed by atoms with E-state index in [-0.39, 0.29) is 17.9 Å². The number of rotatable bonds is 3. The fraction of sp³-hybridized carbons (Fsp3) is 0.438. The maximum Gasteiger partial charge on any atom is 0.269 e. The topological polar surface area (TPSA) is 84.8 Å². The number of likely N-dealkylation sites (tertiary alicyclic amines) is 1. The first-order valence-corrected chi connectivity index (χ1v) is 7.63. The molecule has 120 valence electrons. The first-order valence-electron chi connectivity index (χ1n) is 7.63. The third kappa shape index (κ3) is 3.80. The Morgan fingerprint density at radius 3 is 3.04 bits per heavy atom. The van der Waals surface area contributed by atoms with Crippen molar-refractivity contribution in [3.63, 3.8) is 0 Å². The van der Waals surface area contributed by atoms with Crippen LogP contribution in [0.15, 0.2) is 29.4 Å². The van der Waals surface area contributed by atoms with E-state index in [0.717, 1.165) is 12.8 Å². The normalized spacial score (nSPS) is 23.9. The summed E-state index contributed by atoms with van der Waals surface area (Å²) in [6.45, 7) is 3.00. The molecule has 0 bridgehead atoms. The summed E-state index contributed by atoms with van der Waals surface area (Å²) in [5.74, 6) is 0.339. The Morgan fingerprint density at radius 2 is 2.30 bits per heavy atom. The van der Waals surface area contributed by atoms with Crippen LogP contribution in [0.2, 0.25) is 0 Å². The molecule has 7 heteroatoms. The van der Waals surface area contributed by atoms with Crippen molar-refractivity contribution in [2.75, 3.05) is 13.1 Å². The smallest absolute Gasteiger partial charge is 0.269 e. The maximum atomic E-state index is 12.5. The van der Waals surface area contributed by atoms with Gasteiger partial charge in [-0.1, -0.05) is 6.08 Å². The molecule has 2 atom stereocenters. The van der Waals surface area contributed by atoms with Gasteiger partial charge in [-0.05, 0) is 19.8 Å². The fourth-order valence-corrected chi connectivity index (χ4v) is 2.69. The molecule has 1 aromatic heterocycles. The van der Waals surface area contributed by atoms with Gasteiger partial charge in [0, 0.05) is 31.1 Å². The summed E-state index contributed by atoms with van der Waals surface area (Å²) in [6, 6.07) is 1.72. The molecule has 1 aromatic rings. The summed E-state index contributed by atoms with van der Waals surface area (Å²) in [5, 5.41) is 0. The molecule has 0 N–H and O–H groups in total. The van der Waals surface area contributed by atoms with Gasteiger partial charge in [-0.15, -0.1) is 0 Å². The number of hydrogen-bond donors (Lipinski definition) is 0. The Labute approximate surface area is 134 Å². The summed E-state index contributed by atoms with van der Waals surface area (Å²) in [6.07, 6.45) is 7.65. The van der Waals surface area contributed by atoms with Crippen LogP contribution < -0.4 is 4.74 Å². The lowest BCUT2D eigenvalue weighted by Gasteiger charge is -2.33. The van der Waals surface area contributed by atoms with Gasteiger partial charge in [0.1, 0.15) is 11.9 Å². The molecule has 0 saturated carbocycles. The van der Waals surface area contributed by atoms with Gasteiger partial charge in [-0.25, -0.2) is 9.98 Å². The number of hydrogen-bond acceptors (Lipinski definition) is 5. The molecule has 0 aromatic carbocycles. The summed E-state index contributed by atoms with van der Waals surface area (Å²) in [4.78, 5) is 37.3. The number of aryl methyl sites for hydroxylation is 1. The zero-order valence-electron chi connectivity index (χ0n) is 12.9. The van der Waals surface area contributed by atoms with Crippen molar-refractivity contribution in [1.82, 2.24) is 14.9 Å². The Bertz CT molecular complexity index is 655. The summed E-state index contributed by atoms with van der Waals surface area (Å²) < 4.78 is 5.87. The summed E-state index contributed by atoms with van der Waals surface area (Å²) >= 11 is 0. The molecule has 3 heterocycles. The number of amides is 2. The van der Waals surface area contributed by atoms with Gasteiger partial charge >= 0.3 is 0 Å². The van der Waals surface area contributed by atoms with Crippen molar-refractivity contribution in [3.8, 4) is 5.88 Å². The number of aliphatic imine (C=N–C) groups is 1. The highest BCUT2D eigenvalue weighted by molar-refractivity contribution is 6.05. The lowest BCUT2D eigenvalue weighted by molar-refractivity contribution is -0.134. The van der Waals surface area contributed by atoms with E-state index in [1.165, 1.54) is 12.3 Å². The molecular formula is C16H18N4O3. The quantitative estimate of drug-likeness (QED) is 0.829. The van der Waals surface area contributed by atoms with E-state index in [1.807, 2.05) is 0 Å². The lowest BCUT2D eigenvalue weighted by Crippen LogP contribution is -2.47. The first-order chi connectivity index (χ1) is 11.1. The second-order valence-corrected chi connectivity index (χ2v) is 5.61. The molecule has 1 saturated heterocycles. The molecule has 23 heavy (non-hydrogen) atoms. The molecule has 2 unspecified atom stereocenters. The zero-order chi connectivity index (χ0) is 16.2. The molecule has 2 aliphatic heterocycles. The van der Waals surface area contributed by atoms with Crippen molar-refractivity contribution in [2.45, 2.75) is 25.9 Å². The van der Waals surface area contributed by atoms with Crippen LogP contribution in [-0.4, -0.2) is 52.1 Å². The van der Waals surface area contributed by atoms with Crippen LogP contribution in [0.25, 0.3) is 0 Å². The lowest BCUT2D eigenvalue weighted by atomic mass is 10.0. The Kier molecular flexibility index (Phi) is 4.45. The Hall–Kier alpha value is -2.57. The van der Waals surface area contributed by atoms with E-state index in [2.05, 4.69) is 15.0 Å². The molecule has 1 fully saturated rings. The molecule has 0 spiro atoms. The van der Waals surface area contributed by atoms with E-state index in [4.69, 9.17) is 4.74 Å². The van der Waals surface area contributed by atoms with Gasteiger partial charge in [0.05, 0.1) is 12.5 Å². The highest BCUT2D eigenvalue weighted by Gasteiger charge is 2.29. The van der Waals surface area contributed by atoms with Crippen LogP contribution in [0.3, 0.4) is 0 Å². The third-order valence-corrected chi connectivity index (χ3v) is 3.82. The molecule has 2 aliphatic rings. The van der Waals surface area contributed by atoms with Gasteiger partial charge in [-0.3, -0.25) is 9.59 Å². The SMILES string of the molecule is Cc1nccc(OC2CCCN(C(=O)C3C=CC(=O)N=C3)C2)n1. The molecule has 0 aliphatic carbocycles. The van der Waals surface area contributed by atoms with Crippen molar-refractivity contribution >= 4 is 18.0 Å². The summed E-state index contributed by atoms with van der Waals surface area (Å²) in [5.41, 5.74) is 0. The van der Waals surface area contributed by atoms with Crippen LogP contribution in [-0.2, 0) is 9.59 Å². The average molecular weight is 314 g/mol. The van der Waals surface area contributed by atoms with Crippen LogP contribution in [0.5, 0.6) is 5.88 Å². The molecule has 7 nitrogen and oxygen atoms in total. The van der Waals surface area contributed by atoms with Crippen molar-refractivity contribution in [3.05, 3.63) is 30.2 Å². The van der Waals surface area contributed by atoms with E-state index >= 15 is 0 Å². The van der Waals surface area contributed by atoms with Gasteiger partial charge in [-0.2, -0.15) is 4.98 Å². The molecule has 3 rings (SSSR count). The minimum atomic E-state index is -0.465. The van der Waals surface area contributed by atoms with E-state index in [0.29, 0.717) is 24.8 Å². The molecular weight excluding hydrogens is 296 g/mol. The van der Waals surface area contributed by atoms with Crippen LogP contribution in [0.4, 0.5) is 0 Å². The highest BCUT2D eigenvalue weighted by Crippen LogP contribution is 2.19. The molecule has 0 radical (unpaired) electrons. The van der Waals surface area contributed by atoms with E-state index < -0.39 is 5.92 Å². The monoisotopic (exact) mass is 314 g/mol. The standard InChI is InChI=1S/C16H18N4O3/c1-11-17-7-6-15(19-11)23-13-3-2-8-20(10-13)16(22)12-4-5-14(21)18-9-12/h4-7,9,12-13H,2-3,8,10H2,1H3. The second kappa shape index (κ2) is 6.68. The number of nitrogens with zero attached hydrogens (tertiary/aromatic N) is 4. The van der Waals surface area contributed by atoms with E-state index in [9.17, 15) is 9.59 Å². The highest BCUT2D eigenvalue weighted by atomic mass is 16.5. The number of ether oxygens (including phenoxy) is 1. The minimum absolute atomic E-state index is 0.0512. The van der Waals surface area contributed by atoms with Crippen molar-refractivity contribution < 1.29 is 14.3 Å². The van der Waals surface area contributed by atoms with Gasteiger partial charge in [0.2, 0.25) is 11.8 Å². The Morgan fingerprint density at radius 1 is 1.43 bits per heavy atom. The van der Waals surface area contributed by atoms with Crippen molar-refractivity contribution in [1.29, 1.82) is 0 Å². The van der Waals surface area contributed by atoms with Crippen molar-refractivity contribution in [2.24, 2.45) is 10.9 Å².